The second-order valence-electron chi connectivity index (χ2n) is 3.49. The van der Waals surface area contributed by atoms with E-state index in [0.717, 1.165) is 5.01 Å². The lowest BCUT2D eigenvalue weighted by atomic mass is 10.0. The lowest BCUT2D eigenvalue weighted by Gasteiger charge is -2.11. The smallest absolute Gasteiger partial charge is 0.0897 e. The third kappa shape index (κ3) is 1.39. The summed E-state index contributed by atoms with van der Waals surface area (Å²) in [7, 11) is 0. The van der Waals surface area contributed by atoms with E-state index in [9.17, 15) is 0 Å². The predicted octanol–water partition coefficient (Wildman–Crippen LogP) is 2.05. The normalized spacial score (nSPS) is 29.5. The SMILES string of the molecule is Cc1nc(C2CCCC2N)cs1. The van der Waals surface area contributed by atoms with Gasteiger partial charge in [0, 0.05) is 17.3 Å². The van der Waals surface area contributed by atoms with Crippen molar-refractivity contribution in [1.82, 2.24) is 4.98 Å². The van der Waals surface area contributed by atoms with Gasteiger partial charge in [-0.3, -0.25) is 0 Å². The highest BCUT2D eigenvalue weighted by Gasteiger charge is 2.26. The fourth-order valence-electron chi connectivity index (χ4n) is 1.91. The molecule has 2 rings (SSSR count). The van der Waals surface area contributed by atoms with Crippen LogP contribution in [0.4, 0.5) is 0 Å². The van der Waals surface area contributed by atoms with Crippen molar-refractivity contribution in [2.24, 2.45) is 5.73 Å². The fourth-order valence-corrected chi connectivity index (χ4v) is 2.58. The Balaban J connectivity index is 2.19. The van der Waals surface area contributed by atoms with Crippen LogP contribution in [-0.4, -0.2) is 11.0 Å². The highest BCUT2D eigenvalue weighted by atomic mass is 32.1. The molecule has 2 unspecified atom stereocenters. The number of aromatic nitrogens is 1. The standard InChI is InChI=1S/C9H14N2S/c1-6-11-9(5-12-6)7-3-2-4-8(7)10/h5,7-8H,2-4,10H2,1H3. The van der Waals surface area contributed by atoms with E-state index in [1.54, 1.807) is 11.3 Å². The number of hydrogen-bond donors (Lipinski definition) is 1. The van der Waals surface area contributed by atoms with Crippen LogP contribution in [0, 0.1) is 6.92 Å². The van der Waals surface area contributed by atoms with Gasteiger partial charge in [0.1, 0.15) is 0 Å². The van der Waals surface area contributed by atoms with Gasteiger partial charge in [0.25, 0.3) is 0 Å². The molecular formula is C9H14N2S. The maximum Gasteiger partial charge on any atom is 0.0897 e. The molecule has 0 amide bonds. The van der Waals surface area contributed by atoms with Crippen molar-refractivity contribution < 1.29 is 0 Å². The van der Waals surface area contributed by atoms with E-state index >= 15 is 0 Å². The number of hydrogen-bond acceptors (Lipinski definition) is 3. The van der Waals surface area contributed by atoms with Gasteiger partial charge in [-0.15, -0.1) is 11.3 Å². The minimum absolute atomic E-state index is 0.353. The van der Waals surface area contributed by atoms with Gasteiger partial charge < -0.3 is 5.73 Å². The molecule has 2 N–H and O–H groups in total. The number of aryl methyl sites for hydroxylation is 1. The Labute approximate surface area is 76.8 Å². The fraction of sp³-hybridized carbons (Fsp3) is 0.667. The van der Waals surface area contributed by atoms with Gasteiger partial charge >= 0.3 is 0 Å². The summed E-state index contributed by atoms with van der Waals surface area (Å²) in [5, 5.41) is 3.31. The van der Waals surface area contributed by atoms with Crippen LogP contribution in [0.5, 0.6) is 0 Å². The molecule has 0 saturated heterocycles. The molecule has 66 valence electrons. The van der Waals surface area contributed by atoms with Crippen LogP contribution in [-0.2, 0) is 0 Å². The molecule has 1 aromatic heterocycles. The van der Waals surface area contributed by atoms with Crippen LogP contribution in [0.1, 0.15) is 35.9 Å². The summed E-state index contributed by atoms with van der Waals surface area (Å²) in [6.07, 6.45) is 3.66. The number of rotatable bonds is 1. The molecule has 0 bridgehead atoms. The predicted molar refractivity (Wildman–Crippen MR) is 51.4 cm³/mol. The van der Waals surface area contributed by atoms with Gasteiger partial charge in [-0.25, -0.2) is 4.98 Å². The summed E-state index contributed by atoms with van der Waals surface area (Å²) >= 11 is 1.73. The summed E-state index contributed by atoms with van der Waals surface area (Å²) in [5.74, 6) is 0.537. The molecule has 12 heavy (non-hydrogen) atoms. The molecule has 0 radical (unpaired) electrons. The third-order valence-electron chi connectivity index (χ3n) is 2.59. The Bertz CT molecular complexity index is 269. The average molecular weight is 182 g/mol. The van der Waals surface area contributed by atoms with E-state index in [4.69, 9.17) is 5.73 Å². The number of thiazole rings is 1. The minimum Gasteiger partial charge on any atom is -0.327 e. The topological polar surface area (TPSA) is 38.9 Å². The maximum absolute atomic E-state index is 5.98. The van der Waals surface area contributed by atoms with Crippen LogP contribution in [0.25, 0.3) is 0 Å². The zero-order chi connectivity index (χ0) is 8.55. The van der Waals surface area contributed by atoms with Crippen molar-refractivity contribution in [3.8, 4) is 0 Å². The van der Waals surface area contributed by atoms with Crippen LogP contribution < -0.4 is 5.73 Å². The van der Waals surface area contributed by atoms with Gasteiger partial charge in [-0.05, 0) is 19.8 Å². The average Bonchev–Trinajstić information content (AvgIpc) is 2.58. The molecule has 0 aromatic carbocycles. The van der Waals surface area contributed by atoms with Crippen molar-refractivity contribution >= 4 is 11.3 Å². The first-order chi connectivity index (χ1) is 5.77. The zero-order valence-electron chi connectivity index (χ0n) is 7.29. The molecule has 2 nitrogen and oxygen atoms in total. The first-order valence-electron chi connectivity index (χ1n) is 4.45. The molecule has 0 spiro atoms. The van der Waals surface area contributed by atoms with Crippen LogP contribution in [0.3, 0.4) is 0 Å². The van der Waals surface area contributed by atoms with E-state index in [-0.39, 0.29) is 0 Å². The largest absolute Gasteiger partial charge is 0.327 e. The summed E-state index contributed by atoms with van der Waals surface area (Å²) in [4.78, 5) is 4.48. The first kappa shape index (κ1) is 8.20. The second-order valence-corrected chi connectivity index (χ2v) is 4.55. The summed E-state index contributed by atoms with van der Waals surface area (Å²) in [5.41, 5.74) is 7.21. The molecule has 1 aliphatic carbocycles. The number of nitrogens with zero attached hydrogens (tertiary/aromatic N) is 1. The molecule has 1 fully saturated rings. The molecule has 3 heteroatoms. The molecule has 1 aliphatic rings. The van der Waals surface area contributed by atoms with Gasteiger partial charge in [0.05, 0.1) is 10.7 Å². The van der Waals surface area contributed by atoms with E-state index in [0.29, 0.717) is 12.0 Å². The first-order valence-corrected chi connectivity index (χ1v) is 5.33. The lowest BCUT2D eigenvalue weighted by molar-refractivity contribution is 0.600. The van der Waals surface area contributed by atoms with Crippen molar-refractivity contribution in [3.63, 3.8) is 0 Å². The van der Waals surface area contributed by atoms with Gasteiger partial charge in [-0.1, -0.05) is 6.42 Å². The molecule has 1 saturated carbocycles. The van der Waals surface area contributed by atoms with E-state index < -0.39 is 0 Å². The van der Waals surface area contributed by atoms with Gasteiger partial charge in [-0.2, -0.15) is 0 Å². The van der Waals surface area contributed by atoms with Crippen molar-refractivity contribution in [2.75, 3.05) is 0 Å². The highest BCUT2D eigenvalue weighted by Crippen LogP contribution is 2.33. The quantitative estimate of drug-likeness (QED) is 0.722. The Morgan fingerprint density at radius 1 is 1.58 bits per heavy atom. The lowest BCUT2D eigenvalue weighted by Crippen LogP contribution is -2.22. The van der Waals surface area contributed by atoms with E-state index in [1.807, 2.05) is 0 Å². The summed E-state index contributed by atoms with van der Waals surface area (Å²) in [6.45, 7) is 2.05. The molecule has 0 aliphatic heterocycles. The van der Waals surface area contributed by atoms with E-state index in [2.05, 4.69) is 17.3 Å². The summed E-state index contributed by atoms with van der Waals surface area (Å²) in [6, 6.07) is 0.353. The van der Waals surface area contributed by atoms with Crippen molar-refractivity contribution in [1.29, 1.82) is 0 Å². The molecule has 1 aromatic rings. The number of nitrogens with two attached hydrogens (primary N) is 1. The van der Waals surface area contributed by atoms with E-state index in [1.165, 1.54) is 25.0 Å². The Hall–Kier alpha value is -0.410. The zero-order valence-corrected chi connectivity index (χ0v) is 8.10. The third-order valence-corrected chi connectivity index (χ3v) is 3.38. The molecule has 2 atom stereocenters. The highest BCUT2D eigenvalue weighted by molar-refractivity contribution is 7.09. The van der Waals surface area contributed by atoms with Gasteiger partial charge in [0.15, 0.2) is 0 Å². The van der Waals surface area contributed by atoms with Crippen LogP contribution in [0.2, 0.25) is 0 Å². The second kappa shape index (κ2) is 3.15. The Kier molecular flexibility index (Phi) is 2.15. The molecule has 1 heterocycles. The van der Waals surface area contributed by atoms with Crippen LogP contribution >= 0.6 is 11.3 Å². The van der Waals surface area contributed by atoms with Crippen molar-refractivity contribution in [3.05, 3.63) is 16.1 Å². The monoisotopic (exact) mass is 182 g/mol. The Morgan fingerprint density at radius 3 is 2.92 bits per heavy atom. The van der Waals surface area contributed by atoms with Gasteiger partial charge in [0.2, 0.25) is 0 Å². The van der Waals surface area contributed by atoms with Crippen molar-refractivity contribution in [2.45, 2.75) is 38.1 Å². The minimum atomic E-state index is 0.353. The summed E-state index contributed by atoms with van der Waals surface area (Å²) < 4.78 is 0. The van der Waals surface area contributed by atoms with Crippen LogP contribution in [0.15, 0.2) is 5.38 Å². The maximum atomic E-state index is 5.98. The molecular weight excluding hydrogens is 168 g/mol. The Morgan fingerprint density at radius 2 is 2.42 bits per heavy atom.